The van der Waals surface area contributed by atoms with Crippen LogP contribution in [0.25, 0.3) is 0 Å². The third kappa shape index (κ3) is 1.80. The Labute approximate surface area is 102 Å². The molecule has 4 saturated carbocycles. The van der Waals surface area contributed by atoms with Crippen LogP contribution in [0.15, 0.2) is 0 Å². The van der Waals surface area contributed by atoms with Gasteiger partial charge < -0.3 is 5.11 Å². The van der Waals surface area contributed by atoms with E-state index in [4.69, 9.17) is 5.11 Å². The molecule has 1 radical (unpaired) electrons. The second-order valence-electron chi connectivity index (χ2n) is 6.85. The van der Waals surface area contributed by atoms with Crippen molar-refractivity contribution in [2.45, 2.75) is 51.4 Å². The van der Waals surface area contributed by atoms with Crippen molar-refractivity contribution in [1.82, 2.24) is 0 Å². The van der Waals surface area contributed by atoms with Gasteiger partial charge in [-0.3, -0.25) is 9.59 Å². The second kappa shape index (κ2) is 3.56. The van der Waals surface area contributed by atoms with Crippen molar-refractivity contribution in [2.24, 2.45) is 22.7 Å². The Morgan fingerprint density at radius 1 is 1.18 bits per heavy atom. The Bertz CT molecular complexity index is 346. The van der Waals surface area contributed by atoms with Crippen LogP contribution in [0.2, 0.25) is 0 Å². The third-order valence-electron chi connectivity index (χ3n) is 5.28. The average molecular weight is 235 g/mol. The molecule has 2 atom stereocenters. The molecule has 0 aromatic heterocycles. The fourth-order valence-corrected chi connectivity index (χ4v) is 5.54. The molecule has 93 valence electrons. The molecule has 0 saturated heterocycles. The number of aliphatic carboxylic acids is 1. The van der Waals surface area contributed by atoms with Gasteiger partial charge in [-0.15, -0.1) is 0 Å². The van der Waals surface area contributed by atoms with Crippen molar-refractivity contribution in [1.29, 1.82) is 0 Å². The van der Waals surface area contributed by atoms with E-state index in [1.165, 1.54) is 6.42 Å². The summed E-state index contributed by atoms with van der Waals surface area (Å²) < 4.78 is 0. The highest BCUT2D eigenvalue weighted by molar-refractivity contribution is 5.68. The Morgan fingerprint density at radius 3 is 2.29 bits per heavy atom. The van der Waals surface area contributed by atoms with E-state index >= 15 is 0 Å². The van der Waals surface area contributed by atoms with E-state index in [0.717, 1.165) is 32.1 Å². The summed E-state index contributed by atoms with van der Waals surface area (Å²) in [7, 11) is 0. The van der Waals surface area contributed by atoms with Crippen LogP contribution in [0.3, 0.4) is 0 Å². The van der Waals surface area contributed by atoms with Gasteiger partial charge in [0.1, 0.15) is 0 Å². The van der Waals surface area contributed by atoms with Crippen LogP contribution in [-0.2, 0) is 9.59 Å². The van der Waals surface area contributed by atoms with Crippen LogP contribution in [-0.4, -0.2) is 17.4 Å². The van der Waals surface area contributed by atoms with E-state index < -0.39 is 5.97 Å². The van der Waals surface area contributed by atoms with Crippen LogP contribution in [0.1, 0.15) is 51.4 Å². The fraction of sp³-hybridized carbons (Fsp3) is 0.857. The molecule has 1 N–H and O–H groups in total. The summed E-state index contributed by atoms with van der Waals surface area (Å²) in [6.07, 6.45) is 9.59. The molecule has 0 heterocycles. The maximum atomic E-state index is 11.1. The molecule has 3 heteroatoms. The van der Waals surface area contributed by atoms with Gasteiger partial charge in [0.25, 0.3) is 0 Å². The molecular weight excluding hydrogens is 216 g/mol. The summed E-state index contributed by atoms with van der Waals surface area (Å²) in [6, 6.07) is 0. The standard InChI is InChI=1S/C14H19O3/c15-2-1-13-4-10-3-11(5-13)7-14(6-10,9-13)8-12(16)17/h10-11H,1,3-9H2,(H,16,17). The van der Waals surface area contributed by atoms with Crippen molar-refractivity contribution in [3.8, 4) is 0 Å². The van der Waals surface area contributed by atoms with Crippen molar-refractivity contribution in [3.63, 3.8) is 0 Å². The smallest absolute Gasteiger partial charge is 0.303 e. The topological polar surface area (TPSA) is 54.4 Å². The van der Waals surface area contributed by atoms with Gasteiger partial charge in [-0.2, -0.15) is 0 Å². The normalized spacial score (nSPS) is 47.1. The van der Waals surface area contributed by atoms with Crippen LogP contribution in [0.5, 0.6) is 0 Å². The van der Waals surface area contributed by atoms with Crippen molar-refractivity contribution >= 4 is 12.3 Å². The molecule has 4 aliphatic rings. The molecule has 4 rings (SSSR count). The van der Waals surface area contributed by atoms with Crippen LogP contribution >= 0.6 is 0 Å². The number of carboxylic acid groups (broad SMARTS) is 1. The van der Waals surface area contributed by atoms with Gasteiger partial charge in [0.15, 0.2) is 6.29 Å². The van der Waals surface area contributed by atoms with E-state index in [2.05, 4.69) is 6.29 Å². The first-order chi connectivity index (χ1) is 8.05. The maximum absolute atomic E-state index is 11.1. The lowest BCUT2D eigenvalue weighted by atomic mass is 9.43. The predicted molar refractivity (Wildman–Crippen MR) is 62.1 cm³/mol. The van der Waals surface area contributed by atoms with E-state index in [9.17, 15) is 9.59 Å². The summed E-state index contributed by atoms with van der Waals surface area (Å²) in [4.78, 5) is 21.8. The lowest BCUT2D eigenvalue weighted by molar-refractivity contribution is -0.151. The van der Waals surface area contributed by atoms with Gasteiger partial charge in [-0.05, 0) is 61.2 Å². The number of carbonyl (C=O) groups is 1. The van der Waals surface area contributed by atoms with Crippen LogP contribution in [0.4, 0.5) is 0 Å². The molecule has 4 fully saturated rings. The number of hydrogen-bond donors (Lipinski definition) is 1. The van der Waals surface area contributed by atoms with Gasteiger partial charge in [-0.1, -0.05) is 0 Å². The lowest BCUT2D eigenvalue weighted by Crippen LogP contribution is -2.52. The van der Waals surface area contributed by atoms with Crippen LogP contribution < -0.4 is 0 Å². The fourth-order valence-electron chi connectivity index (χ4n) is 5.54. The molecule has 0 aromatic rings. The number of carbonyl (C=O) groups excluding carboxylic acids is 1. The minimum atomic E-state index is -0.669. The molecular formula is C14H19O3. The van der Waals surface area contributed by atoms with E-state index in [-0.39, 0.29) is 10.8 Å². The Balaban J connectivity index is 1.88. The SMILES string of the molecule is O=[C]CC12CC3CC(C1)CC(CC(=O)O)(C3)C2. The van der Waals surface area contributed by atoms with Gasteiger partial charge >= 0.3 is 5.97 Å². The highest BCUT2D eigenvalue weighted by Crippen LogP contribution is 2.67. The molecule has 17 heavy (non-hydrogen) atoms. The highest BCUT2D eigenvalue weighted by Gasteiger charge is 2.57. The molecule has 4 bridgehead atoms. The summed E-state index contributed by atoms with van der Waals surface area (Å²) in [5.74, 6) is 0.671. The minimum Gasteiger partial charge on any atom is -0.481 e. The zero-order valence-electron chi connectivity index (χ0n) is 10.1. The summed E-state index contributed by atoms with van der Waals surface area (Å²) in [5, 5.41) is 9.11. The average Bonchev–Trinajstić information content (AvgIpc) is 2.11. The van der Waals surface area contributed by atoms with E-state index in [1.807, 2.05) is 0 Å². The Hall–Kier alpha value is -0.860. The van der Waals surface area contributed by atoms with Gasteiger partial charge in [0.2, 0.25) is 0 Å². The molecule has 0 aliphatic heterocycles. The largest absolute Gasteiger partial charge is 0.481 e. The van der Waals surface area contributed by atoms with Crippen molar-refractivity contribution < 1.29 is 14.7 Å². The first-order valence-corrected chi connectivity index (χ1v) is 6.62. The predicted octanol–water partition coefficient (Wildman–Crippen LogP) is 2.55. The molecule has 4 aliphatic carbocycles. The third-order valence-corrected chi connectivity index (χ3v) is 5.28. The number of rotatable bonds is 4. The molecule has 2 unspecified atom stereocenters. The van der Waals surface area contributed by atoms with E-state index in [0.29, 0.717) is 24.7 Å². The van der Waals surface area contributed by atoms with Crippen molar-refractivity contribution in [2.75, 3.05) is 0 Å². The molecule has 0 amide bonds. The van der Waals surface area contributed by atoms with Crippen molar-refractivity contribution in [3.05, 3.63) is 0 Å². The first kappa shape index (κ1) is 11.2. The second-order valence-corrected chi connectivity index (χ2v) is 6.85. The highest BCUT2D eigenvalue weighted by atomic mass is 16.4. The summed E-state index contributed by atoms with van der Waals surface area (Å²) >= 11 is 0. The quantitative estimate of drug-likeness (QED) is 0.814. The molecule has 0 aromatic carbocycles. The summed E-state index contributed by atoms with van der Waals surface area (Å²) in [6.45, 7) is 0. The zero-order valence-corrected chi connectivity index (χ0v) is 10.1. The Morgan fingerprint density at radius 2 is 1.76 bits per heavy atom. The molecule has 0 spiro atoms. The first-order valence-electron chi connectivity index (χ1n) is 6.62. The number of hydrogen-bond acceptors (Lipinski definition) is 2. The van der Waals surface area contributed by atoms with Gasteiger partial charge in [0.05, 0.1) is 6.42 Å². The number of carboxylic acids is 1. The lowest BCUT2D eigenvalue weighted by Gasteiger charge is -2.61. The maximum Gasteiger partial charge on any atom is 0.303 e. The van der Waals surface area contributed by atoms with Gasteiger partial charge in [0, 0.05) is 6.42 Å². The molecule has 3 nitrogen and oxygen atoms in total. The Kier molecular flexibility index (Phi) is 2.36. The summed E-state index contributed by atoms with van der Waals surface area (Å²) in [5.41, 5.74) is 0.119. The minimum absolute atomic E-state index is 0.00671. The van der Waals surface area contributed by atoms with Gasteiger partial charge in [-0.25, -0.2) is 0 Å². The monoisotopic (exact) mass is 235 g/mol. The van der Waals surface area contributed by atoms with E-state index in [1.54, 1.807) is 0 Å². The van der Waals surface area contributed by atoms with Crippen LogP contribution in [0, 0.1) is 22.7 Å². The zero-order chi connectivity index (χ0) is 12.1.